The van der Waals surface area contributed by atoms with Crippen LogP contribution in [0, 0.1) is 11.8 Å². The van der Waals surface area contributed by atoms with Gasteiger partial charge in [0, 0.05) is 25.2 Å². The summed E-state index contributed by atoms with van der Waals surface area (Å²) >= 11 is 0. The molecular formula is C18H33N3. The van der Waals surface area contributed by atoms with Crippen molar-refractivity contribution in [3.63, 3.8) is 0 Å². The lowest BCUT2D eigenvalue weighted by atomic mass is 9.76. The summed E-state index contributed by atoms with van der Waals surface area (Å²) in [6.45, 7) is 7.82. The van der Waals surface area contributed by atoms with Gasteiger partial charge in [-0.05, 0) is 43.7 Å². The van der Waals surface area contributed by atoms with Crippen molar-refractivity contribution in [3.8, 4) is 0 Å². The molecular weight excluding hydrogens is 258 g/mol. The molecule has 120 valence electrons. The van der Waals surface area contributed by atoms with E-state index < -0.39 is 0 Å². The van der Waals surface area contributed by atoms with Crippen LogP contribution in [0.4, 0.5) is 0 Å². The van der Waals surface area contributed by atoms with Gasteiger partial charge in [-0.1, -0.05) is 40.0 Å². The lowest BCUT2D eigenvalue weighted by Gasteiger charge is -2.34. The van der Waals surface area contributed by atoms with Crippen molar-refractivity contribution in [3.05, 3.63) is 17.5 Å². The molecule has 1 fully saturated rings. The zero-order chi connectivity index (χ0) is 15.2. The minimum atomic E-state index is 0.618. The largest absolute Gasteiger partial charge is 0.314 e. The minimum Gasteiger partial charge on any atom is -0.314 e. The van der Waals surface area contributed by atoms with Crippen LogP contribution in [0.1, 0.15) is 64.3 Å². The smallest absolute Gasteiger partial charge is 0.0624 e. The summed E-state index contributed by atoms with van der Waals surface area (Å²) in [5.74, 6) is 1.82. The van der Waals surface area contributed by atoms with Crippen LogP contribution < -0.4 is 5.32 Å². The molecule has 1 atom stereocenters. The van der Waals surface area contributed by atoms with Crippen LogP contribution in [0.5, 0.6) is 0 Å². The van der Waals surface area contributed by atoms with Crippen LogP contribution in [0.15, 0.2) is 6.07 Å². The number of rotatable bonds is 7. The van der Waals surface area contributed by atoms with Crippen LogP contribution >= 0.6 is 0 Å². The van der Waals surface area contributed by atoms with E-state index >= 15 is 0 Å². The molecule has 0 amide bonds. The van der Waals surface area contributed by atoms with Gasteiger partial charge < -0.3 is 5.32 Å². The standard InChI is InChI=1S/C18H33N3/c1-5-14-8-10-15(11-9-14)18(19-7-3)13-17-12-16(6-2)20-21(17)4/h12,14-15,18-19H,5-11,13H2,1-4H3. The highest BCUT2D eigenvalue weighted by atomic mass is 15.3. The van der Waals surface area contributed by atoms with E-state index in [4.69, 9.17) is 0 Å². The number of nitrogens with zero attached hydrogens (tertiary/aromatic N) is 2. The van der Waals surface area contributed by atoms with Gasteiger partial charge in [-0.15, -0.1) is 0 Å². The highest BCUT2D eigenvalue weighted by molar-refractivity contribution is 5.12. The number of hydrogen-bond acceptors (Lipinski definition) is 2. The van der Waals surface area contributed by atoms with Crippen LogP contribution in [0.3, 0.4) is 0 Å². The number of hydrogen-bond donors (Lipinski definition) is 1. The third-order valence-electron chi connectivity index (χ3n) is 5.32. The fourth-order valence-corrected chi connectivity index (χ4v) is 3.83. The van der Waals surface area contributed by atoms with Crippen molar-refractivity contribution >= 4 is 0 Å². The summed E-state index contributed by atoms with van der Waals surface area (Å²) in [6.07, 6.45) is 9.16. The quantitative estimate of drug-likeness (QED) is 0.830. The van der Waals surface area contributed by atoms with E-state index in [-0.39, 0.29) is 0 Å². The maximum atomic E-state index is 4.60. The molecule has 0 aliphatic heterocycles. The van der Waals surface area contributed by atoms with Crippen molar-refractivity contribution in [2.75, 3.05) is 6.54 Å². The van der Waals surface area contributed by atoms with E-state index in [9.17, 15) is 0 Å². The average molecular weight is 291 g/mol. The first-order chi connectivity index (χ1) is 10.2. The van der Waals surface area contributed by atoms with Crippen LogP contribution in [-0.4, -0.2) is 22.4 Å². The summed E-state index contributed by atoms with van der Waals surface area (Å²) in [7, 11) is 2.09. The molecule has 0 bridgehead atoms. The topological polar surface area (TPSA) is 29.9 Å². The Hall–Kier alpha value is -0.830. The highest BCUT2D eigenvalue weighted by Crippen LogP contribution is 2.33. The molecule has 3 heteroatoms. The van der Waals surface area contributed by atoms with Crippen LogP contribution in [0.2, 0.25) is 0 Å². The van der Waals surface area contributed by atoms with E-state index in [1.165, 1.54) is 43.5 Å². The van der Waals surface area contributed by atoms with Crippen molar-refractivity contribution in [2.24, 2.45) is 18.9 Å². The van der Waals surface area contributed by atoms with Gasteiger partial charge in [0.25, 0.3) is 0 Å². The minimum absolute atomic E-state index is 0.618. The zero-order valence-electron chi connectivity index (χ0n) is 14.4. The molecule has 1 unspecified atom stereocenters. The molecule has 1 aromatic heterocycles. The predicted molar refractivity (Wildman–Crippen MR) is 89.5 cm³/mol. The molecule has 3 nitrogen and oxygen atoms in total. The fraction of sp³-hybridized carbons (Fsp3) is 0.833. The summed E-state index contributed by atoms with van der Waals surface area (Å²) in [4.78, 5) is 0. The van der Waals surface area contributed by atoms with E-state index in [0.717, 1.165) is 31.2 Å². The second-order valence-corrected chi connectivity index (χ2v) is 6.66. The molecule has 21 heavy (non-hydrogen) atoms. The Morgan fingerprint density at radius 1 is 1.24 bits per heavy atom. The third kappa shape index (κ3) is 4.32. The first kappa shape index (κ1) is 16.5. The molecule has 2 rings (SSSR count). The molecule has 0 aromatic carbocycles. The van der Waals surface area contributed by atoms with E-state index in [1.54, 1.807) is 0 Å². The van der Waals surface area contributed by atoms with Crippen molar-refractivity contribution in [1.82, 2.24) is 15.1 Å². The van der Waals surface area contributed by atoms with Gasteiger partial charge in [0.05, 0.1) is 5.69 Å². The van der Waals surface area contributed by atoms with Crippen LogP contribution in [-0.2, 0) is 19.9 Å². The summed E-state index contributed by atoms with van der Waals surface area (Å²) in [5.41, 5.74) is 2.60. The monoisotopic (exact) mass is 291 g/mol. The normalized spacial score (nSPS) is 24.2. The van der Waals surface area contributed by atoms with E-state index in [0.29, 0.717) is 6.04 Å². The zero-order valence-corrected chi connectivity index (χ0v) is 14.4. The van der Waals surface area contributed by atoms with Crippen LogP contribution in [0.25, 0.3) is 0 Å². The second kappa shape index (κ2) is 7.98. The summed E-state index contributed by atoms with van der Waals surface area (Å²) in [5, 5.41) is 8.35. The van der Waals surface area contributed by atoms with E-state index in [1.807, 2.05) is 0 Å². The maximum absolute atomic E-state index is 4.60. The maximum Gasteiger partial charge on any atom is 0.0624 e. The van der Waals surface area contributed by atoms with Gasteiger partial charge in [-0.25, -0.2) is 0 Å². The number of aryl methyl sites for hydroxylation is 2. The first-order valence-electron chi connectivity index (χ1n) is 8.93. The Labute approximate surface area is 130 Å². The Balaban J connectivity index is 2.00. The predicted octanol–water partition coefficient (Wildman–Crippen LogP) is 3.72. The lowest BCUT2D eigenvalue weighted by molar-refractivity contribution is 0.216. The third-order valence-corrected chi connectivity index (χ3v) is 5.32. The molecule has 1 aliphatic rings. The molecule has 1 aliphatic carbocycles. The van der Waals surface area contributed by atoms with Gasteiger partial charge in [-0.2, -0.15) is 5.10 Å². The molecule has 0 radical (unpaired) electrons. The average Bonchev–Trinajstić information content (AvgIpc) is 2.87. The number of aromatic nitrogens is 2. The van der Waals surface area contributed by atoms with Gasteiger partial charge in [0.2, 0.25) is 0 Å². The van der Waals surface area contributed by atoms with Crippen molar-refractivity contribution < 1.29 is 0 Å². The molecule has 0 saturated heterocycles. The second-order valence-electron chi connectivity index (χ2n) is 6.66. The SMILES string of the molecule is CCNC(Cc1cc(CC)nn1C)C1CCC(CC)CC1. The highest BCUT2D eigenvalue weighted by Gasteiger charge is 2.27. The molecule has 1 aromatic rings. The Morgan fingerprint density at radius 3 is 2.48 bits per heavy atom. The van der Waals surface area contributed by atoms with Crippen molar-refractivity contribution in [1.29, 1.82) is 0 Å². The van der Waals surface area contributed by atoms with Crippen molar-refractivity contribution in [2.45, 2.75) is 71.8 Å². The van der Waals surface area contributed by atoms with E-state index in [2.05, 4.69) is 49.0 Å². The summed E-state index contributed by atoms with van der Waals surface area (Å²) < 4.78 is 2.08. The molecule has 1 heterocycles. The Morgan fingerprint density at radius 2 is 1.95 bits per heavy atom. The number of likely N-dealkylation sites (N-methyl/N-ethyl adjacent to an activating group) is 1. The Bertz CT molecular complexity index is 416. The summed E-state index contributed by atoms with van der Waals surface area (Å²) in [6, 6.07) is 2.91. The molecule has 1 saturated carbocycles. The molecule has 1 N–H and O–H groups in total. The van der Waals surface area contributed by atoms with Gasteiger partial charge in [0.1, 0.15) is 0 Å². The van der Waals surface area contributed by atoms with Gasteiger partial charge in [0.15, 0.2) is 0 Å². The van der Waals surface area contributed by atoms with Gasteiger partial charge >= 0.3 is 0 Å². The lowest BCUT2D eigenvalue weighted by Crippen LogP contribution is -2.40. The molecule has 0 spiro atoms. The number of nitrogens with one attached hydrogen (secondary N) is 1. The van der Waals surface area contributed by atoms with Gasteiger partial charge in [-0.3, -0.25) is 4.68 Å². The fourth-order valence-electron chi connectivity index (χ4n) is 3.83. The Kier molecular flexibility index (Phi) is 6.28. The first-order valence-corrected chi connectivity index (χ1v) is 8.93.